The smallest absolute Gasteiger partial charge is 0.227 e. The lowest BCUT2D eigenvalue weighted by molar-refractivity contribution is -0.246. The second kappa shape index (κ2) is 13.7. The van der Waals surface area contributed by atoms with E-state index in [1.807, 2.05) is 0 Å². The van der Waals surface area contributed by atoms with Crippen LogP contribution < -0.4 is 10.6 Å². The Morgan fingerprint density at radius 3 is 2.24 bits per heavy atom. The molecular formula is C40H66N6O3. The van der Waals surface area contributed by atoms with Gasteiger partial charge in [-0.15, -0.1) is 10.2 Å². The monoisotopic (exact) mass is 679 g/mol. The molecule has 274 valence electrons. The summed E-state index contributed by atoms with van der Waals surface area (Å²) in [7, 11) is 0. The number of tetrazole rings is 1. The maximum absolute atomic E-state index is 14.4. The molecule has 0 saturated heterocycles. The van der Waals surface area contributed by atoms with Crippen LogP contribution in [-0.4, -0.2) is 56.7 Å². The number of H-pyrrole nitrogens is 1. The third kappa shape index (κ3) is 6.09. The first-order valence-corrected chi connectivity index (χ1v) is 19.8. The van der Waals surface area contributed by atoms with Gasteiger partial charge in [0.2, 0.25) is 11.8 Å². The zero-order valence-electron chi connectivity index (χ0n) is 31.5. The van der Waals surface area contributed by atoms with Crippen molar-refractivity contribution in [3.05, 3.63) is 18.0 Å². The summed E-state index contributed by atoms with van der Waals surface area (Å²) in [5, 5.41) is 31.0. The second-order valence-electron chi connectivity index (χ2n) is 18.6. The number of hydrogen-bond donors (Lipinski definition) is 4. The first kappa shape index (κ1) is 36.5. The minimum absolute atomic E-state index is 0.0303. The molecule has 5 fully saturated rings. The van der Waals surface area contributed by atoms with Crippen molar-refractivity contribution in [3.8, 4) is 0 Å². The molecule has 9 nitrogen and oxygen atoms in total. The normalized spacial score (nSPS) is 40.7. The summed E-state index contributed by atoms with van der Waals surface area (Å²) in [4.78, 5) is 26.4. The first-order chi connectivity index (χ1) is 23.2. The van der Waals surface area contributed by atoms with Crippen LogP contribution in [0.25, 0.3) is 0 Å². The molecule has 5 aliphatic rings. The quantitative estimate of drug-likeness (QED) is 0.140. The summed E-state index contributed by atoms with van der Waals surface area (Å²) >= 11 is 0. The predicted molar refractivity (Wildman–Crippen MR) is 192 cm³/mol. The van der Waals surface area contributed by atoms with E-state index in [-0.39, 0.29) is 45.5 Å². The average Bonchev–Trinajstić information content (AvgIpc) is 3.71. The average molecular weight is 679 g/mol. The van der Waals surface area contributed by atoms with Gasteiger partial charge in [0, 0.05) is 13.1 Å². The van der Waals surface area contributed by atoms with Crippen LogP contribution in [0.15, 0.2) is 12.2 Å². The third-order valence-electron chi connectivity index (χ3n) is 16.2. The first-order valence-electron chi connectivity index (χ1n) is 19.8. The largest absolute Gasteiger partial charge is 0.393 e. The Kier molecular flexibility index (Phi) is 10.2. The van der Waals surface area contributed by atoms with Gasteiger partial charge >= 0.3 is 0 Å². The van der Waals surface area contributed by atoms with Crippen molar-refractivity contribution in [3.63, 3.8) is 0 Å². The van der Waals surface area contributed by atoms with Gasteiger partial charge in [-0.3, -0.25) is 9.59 Å². The van der Waals surface area contributed by atoms with Crippen LogP contribution in [0.4, 0.5) is 0 Å². The molecule has 0 radical (unpaired) electrons. The van der Waals surface area contributed by atoms with Crippen LogP contribution in [0.3, 0.4) is 0 Å². The van der Waals surface area contributed by atoms with E-state index < -0.39 is 0 Å². The molecule has 0 aliphatic heterocycles. The molecule has 1 unspecified atom stereocenters. The number of aliphatic hydroxyl groups is 1. The Morgan fingerprint density at radius 2 is 1.55 bits per heavy atom. The SMILES string of the molecule is C=C(C)C1CC[C@]2(C(=O)NCCCCCCCNC(=O)Cc3nn[nH]n3)CC[C@]3(C)[C@H](CC[C@@H]4[C@@]5(C)CC[C@H](O)C(C)(C)[C@@H]5CC[C@]43C)[C@@H]12. The summed E-state index contributed by atoms with van der Waals surface area (Å²) in [6, 6.07) is 0. The fraction of sp³-hybridized carbons (Fsp3) is 0.875. The van der Waals surface area contributed by atoms with Crippen LogP contribution in [-0.2, 0) is 16.0 Å². The van der Waals surface area contributed by atoms with Gasteiger partial charge in [-0.05, 0) is 135 Å². The van der Waals surface area contributed by atoms with E-state index >= 15 is 0 Å². The fourth-order valence-corrected chi connectivity index (χ4v) is 13.4. The minimum Gasteiger partial charge on any atom is -0.393 e. The van der Waals surface area contributed by atoms with E-state index in [0.29, 0.717) is 47.9 Å². The Hall–Kier alpha value is -2.29. The highest BCUT2D eigenvalue weighted by Crippen LogP contribution is 2.77. The summed E-state index contributed by atoms with van der Waals surface area (Å²) in [6.45, 7) is 20.7. The second-order valence-corrected chi connectivity index (χ2v) is 18.6. The molecule has 5 saturated carbocycles. The van der Waals surface area contributed by atoms with E-state index in [2.05, 4.69) is 79.4 Å². The van der Waals surface area contributed by atoms with Crippen molar-refractivity contribution >= 4 is 11.8 Å². The van der Waals surface area contributed by atoms with Crippen molar-refractivity contribution in [2.45, 2.75) is 150 Å². The molecule has 0 spiro atoms. The van der Waals surface area contributed by atoms with E-state index in [9.17, 15) is 14.7 Å². The van der Waals surface area contributed by atoms with Crippen molar-refractivity contribution in [1.29, 1.82) is 0 Å². The lowest BCUT2D eigenvalue weighted by atomic mass is 9.32. The van der Waals surface area contributed by atoms with Crippen LogP contribution in [0.1, 0.15) is 144 Å². The number of carbonyl (C=O) groups excluding carboxylic acids is 2. The predicted octanol–water partition coefficient (Wildman–Crippen LogP) is 6.94. The summed E-state index contributed by atoms with van der Waals surface area (Å²) < 4.78 is 0. The fourth-order valence-electron chi connectivity index (χ4n) is 13.4. The maximum atomic E-state index is 14.4. The Labute approximate surface area is 295 Å². The number of aromatic nitrogens is 4. The number of allylic oxidation sites excluding steroid dienone is 1. The van der Waals surface area contributed by atoms with Crippen LogP contribution in [0.2, 0.25) is 0 Å². The number of carbonyl (C=O) groups is 2. The molecule has 0 bridgehead atoms. The molecule has 6 rings (SSSR count). The van der Waals surface area contributed by atoms with Gasteiger partial charge in [0.1, 0.15) is 0 Å². The van der Waals surface area contributed by atoms with E-state index in [1.54, 1.807) is 0 Å². The number of unbranched alkanes of at least 4 members (excludes halogenated alkanes) is 4. The number of aromatic amines is 1. The molecule has 5 aliphatic carbocycles. The third-order valence-corrected chi connectivity index (χ3v) is 16.2. The lowest BCUT2D eigenvalue weighted by Gasteiger charge is -2.72. The number of fused-ring (bicyclic) bond motifs is 7. The standard InChI is InChI=1S/C40H66N6O3/c1-26(2)27-15-20-40(35(49)42-24-12-10-8-9-11-23-41-33(48)25-32-43-45-46-44-32)22-21-38(6)28(34(27)40)13-14-30-37(5)18-17-31(47)36(3,4)29(37)16-19-39(30,38)7/h27-31,34,47H,1,8-25H2,2-7H3,(H,41,48)(H,42,49)(H,43,44,45,46)/t27?,28-,29+,30-,31+,34-,37+,38-,39-,40+/m1/s1. The summed E-state index contributed by atoms with van der Waals surface area (Å²) in [5.41, 5.74) is 1.71. The highest BCUT2D eigenvalue weighted by Gasteiger charge is 2.71. The van der Waals surface area contributed by atoms with Gasteiger partial charge in [0.15, 0.2) is 5.82 Å². The van der Waals surface area contributed by atoms with Crippen molar-refractivity contribution < 1.29 is 14.7 Å². The molecule has 0 aromatic carbocycles. The zero-order valence-corrected chi connectivity index (χ0v) is 31.5. The molecule has 4 N–H and O–H groups in total. The van der Waals surface area contributed by atoms with Gasteiger partial charge in [-0.2, -0.15) is 5.21 Å². The highest BCUT2D eigenvalue weighted by atomic mass is 16.3. The minimum atomic E-state index is -0.269. The van der Waals surface area contributed by atoms with Gasteiger partial charge in [-0.1, -0.05) is 71.2 Å². The van der Waals surface area contributed by atoms with E-state index in [0.717, 1.165) is 77.2 Å². The summed E-state index contributed by atoms with van der Waals surface area (Å²) in [6.07, 6.45) is 16.4. The highest BCUT2D eigenvalue weighted by molar-refractivity contribution is 5.84. The van der Waals surface area contributed by atoms with Crippen LogP contribution in [0.5, 0.6) is 0 Å². The molecule has 9 heteroatoms. The molecule has 49 heavy (non-hydrogen) atoms. The number of amides is 2. The molecule has 2 amide bonds. The molecular weight excluding hydrogens is 612 g/mol. The number of nitrogens with zero attached hydrogens (tertiary/aromatic N) is 3. The van der Waals surface area contributed by atoms with E-state index in [1.165, 1.54) is 31.3 Å². The Balaban J connectivity index is 1.06. The van der Waals surface area contributed by atoms with Crippen LogP contribution >= 0.6 is 0 Å². The molecule has 10 atom stereocenters. The van der Waals surface area contributed by atoms with Crippen molar-refractivity contribution in [2.24, 2.45) is 56.7 Å². The Bertz CT molecular complexity index is 1360. The van der Waals surface area contributed by atoms with Gasteiger partial charge in [0.05, 0.1) is 17.9 Å². The molecule has 1 aromatic heterocycles. The van der Waals surface area contributed by atoms with Crippen molar-refractivity contribution in [1.82, 2.24) is 31.3 Å². The van der Waals surface area contributed by atoms with Gasteiger partial charge in [-0.25, -0.2) is 0 Å². The topological polar surface area (TPSA) is 133 Å². The maximum Gasteiger partial charge on any atom is 0.227 e. The molecule has 1 heterocycles. The van der Waals surface area contributed by atoms with Crippen molar-refractivity contribution in [2.75, 3.05) is 13.1 Å². The van der Waals surface area contributed by atoms with Crippen LogP contribution in [0, 0.1) is 56.7 Å². The van der Waals surface area contributed by atoms with E-state index in [4.69, 9.17) is 0 Å². The number of hydrogen-bond acceptors (Lipinski definition) is 6. The number of nitrogens with one attached hydrogen (secondary N) is 3. The van der Waals surface area contributed by atoms with Gasteiger partial charge < -0.3 is 15.7 Å². The number of rotatable bonds is 12. The summed E-state index contributed by atoms with van der Waals surface area (Å²) in [5.74, 6) is 3.25. The Morgan fingerprint density at radius 1 is 0.837 bits per heavy atom. The zero-order chi connectivity index (χ0) is 35.2. The number of aliphatic hydroxyl groups excluding tert-OH is 1. The molecule has 1 aromatic rings. The lowest BCUT2D eigenvalue weighted by Crippen LogP contribution is -2.67. The van der Waals surface area contributed by atoms with Gasteiger partial charge in [0.25, 0.3) is 0 Å².